The van der Waals surface area contributed by atoms with Gasteiger partial charge >= 0.3 is 0 Å². The number of aryl methyl sites for hydroxylation is 1. The second-order valence-electron chi connectivity index (χ2n) is 8.07. The molecule has 5 rings (SSSR count). The van der Waals surface area contributed by atoms with Crippen molar-refractivity contribution in [1.82, 2.24) is 30.0 Å². The topological polar surface area (TPSA) is 87.0 Å². The number of aromatic amines is 1. The first-order valence-corrected chi connectivity index (χ1v) is 10.9. The van der Waals surface area contributed by atoms with Crippen LogP contribution in [0.15, 0.2) is 29.9 Å². The van der Waals surface area contributed by atoms with Gasteiger partial charge in [-0.25, -0.2) is 15.0 Å². The standard InChI is InChI=1S/C20H26N8S/c1-12-19(25-13(2)28-10-18(21-11-28)14-8-22-23-9-14)29-20(24-12)27(3)17-6-15-4-5-16(7-17)26-15/h8-11,15-17,26H,4-7H2,1-3H3,(H,22,23)/t15-,16+,17?. The quantitative estimate of drug-likeness (QED) is 0.509. The minimum absolute atomic E-state index is 0.559. The van der Waals surface area contributed by atoms with Crippen LogP contribution in [0.3, 0.4) is 0 Å². The smallest absolute Gasteiger partial charge is 0.187 e. The van der Waals surface area contributed by atoms with Crippen molar-refractivity contribution in [2.75, 3.05) is 11.9 Å². The normalized spacial score (nSPS) is 24.2. The van der Waals surface area contributed by atoms with Crippen molar-refractivity contribution in [3.63, 3.8) is 0 Å². The molecule has 3 aromatic heterocycles. The Balaban J connectivity index is 1.34. The average Bonchev–Trinajstić information content (AvgIpc) is 3.49. The molecule has 1 unspecified atom stereocenters. The summed E-state index contributed by atoms with van der Waals surface area (Å²) in [4.78, 5) is 16.5. The van der Waals surface area contributed by atoms with Gasteiger partial charge in [0.1, 0.15) is 17.2 Å². The highest BCUT2D eigenvalue weighted by molar-refractivity contribution is 7.19. The van der Waals surface area contributed by atoms with Crippen molar-refractivity contribution in [1.29, 1.82) is 0 Å². The summed E-state index contributed by atoms with van der Waals surface area (Å²) in [6, 6.07) is 1.91. The van der Waals surface area contributed by atoms with Crippen molar-refractivity contribution in [2.45, 2.75) is 57.7 Å². The number of nitrogens with one attached hydrogen (secondary N) is 2. The Morgan fingerprint density at radius 3 is 2.83 bits per heavy atom. The van der Waals surface area contributed by atoms with Crippen molar-refractivity contribution >= 4 is 27.3 Å². The predicted octanol–water partition coefficient (Wildman–Crippen LogP) is 3.36. The molecule has 3 atom stereocenters. The Bertz CT molecular complexity index is 1010. The Morgan fingerprint density at radius 1 is 1.31 bits per heavy atom. The van der Waals surface area contributed by atoms with E-state index in [9.17, 15) is 0 Å². The average molecular weight is 411 g/mol. The van der Waals surface area contributed by atoms with Crippen LogP contribution < -0.4 is 10.2 Å². The molecule has 2 bridgehead atoms. The van der Waals surface area contributed by atoms with Crippen molar-refractivity contribution < 1.29 is 0 Å². The first-order chi connectivity index (χ1) is 14.1. The van der Waals surface area contributed by atoms with E-state index in [0.29, 0.717) is 18.1 Å². The molecule has 29 heavy (non-hydrogen) atoms. The van der Waals surface area contributed by atoms with Gasteiger partial charge in [-0.3, -0.25) is 9.67 Å². The lowest BCUT2D eigenvalue weighted by molar-refractivity contribution is 0.354. The summed E-state index contributed by atoms with van der Waals surface area (Å²) >= 11 is 1.67. The number of piperidine rings is 1. The lowest BCUT2D eigenvalue weighted by atomic mass is 9.99. The predicted molar refractivity (Wildman–Crippen MR) is 116 cm³/mol. The molecule has 2 saturated heterocycles. The van der Waals surface area contributed by atoms with Gasteiger partial charge in [-0.1, -0.05) is 11.3 Å². The van der Waals surface area contributed by atoms with Gasteiger partial charge in [0.2, 0.25) is 0 Å². The van der Waals surface area contributed by atoms with Gasteiger partial charge in [-0.05, 0) is 39.5 Å². The number of fused-ring (bicyclic) bond motifs is 2. The van der Waals surface area contributed by atoms with E-state index in [1.54, 1.807) is 23.9 Å². The molecule has 9 heteroatoms. The summed E-state index contributed by atoms with van der Waals surface area (Å²) in [7, 11) is 2.18. The number of H-pyrrole nitrogens is 1. The fourth-order valence-corrected chi connectivity index (χ4v) is 5.39. The SMILES string of the molecule is CC(=Nc1sc(N(C)C2C[C@H]3CC[C@@H](C2)N3)nc1C)n1cnc(-c2cn[nH]c2)c1. The molecular weight excluding hydrogens is 384 g/mol. The van der Waals surface area contributed by atoms with E-state index in [1.165, 1.54) is 25.7 Å². The molecule has 0 aromatic carbocycles. The molecule has 0 spiro atoms. The fourth-order valence-electron chi connectivity index (χ4n) is 4.37. The lowest BCUT2D eigenvalue weighted by Crippen LogP contribution is -2.47. The van der Waals surface area contributed by atoms with Crippen LogP contribution in [0.5, 0.6) is 0 Å². The Labute approximate surface area is 174 Å². The van der Waals surface area contributed by atoms with E-state index >= 15 is 0 Å². The van der Waals surface area contributed by atoms with Crippen LogP contribution in [0.25, 0.3) is 11.3 Å². The number of rotatable bonds is 4. The van der Waals surface area contributed by atoms with Gasteiger partial charge < -0.3 is 10.2 Å². The van der Waals surface area contributed by atoms with E-state index in [2.05, 4.69) is 32.4 Å². The highest BCUT2D eigenvalue weighted by atomic mass is 32.1. The van der Waals surface area contributed by atoms with Crippen molar-refractivity contribution in [3.8, 4) is 11.3 Å². The van der Waals surface area contributed by atoms with Gasteiger partial charge in [0, 0.05) is 43.1 Å². The number of anilines is 1. The minimum atomic E-state index is 0.559. The number of nitrogens with zero attached hydrogens (tertiary/aromatic N) is 6. The maximum Gasteiger partial charge on any atom is 0.187 e. The van der Waals surface area contributed by atoms with Crippen LogP contribution >= 0.6 is 11.3 Å². The van der Waals surface area contributed by atoms with Crippen LogP contribution in [0.1, 0.15) is 38.3 Å². The number of thiazole rings is 1. The van der Waals surface area contributed by atoms with Crippen molar-refractivity contribution in [2.24, 2.45) is 4.99 Å². The summed E-state index contributed by atoms with van der Waals surface area (Å²) in [6.45, 7) is 4.03. The molecular formula is C20H26N8S. The number of imidazole rings is 1. The molecule has 0 radical (unpaired) electrons. The number of hydrogen-bond acceptors (Lipinski definition) is 7. The Kier molecular flexibility index (Phi) is 4.71. The van der Waals surface area contributed by atoms with Crippen LogP contribution in [-0.4, -0.2) is 55.7 Å². The second-order valence-corrected chi connectivity index (χ2v) is 9.03. The molecule has 2 fully saturated rings. The monoisotopic (exact) mass is 410 g/mol. The third-order valence-corrected chi connectivity index (χ3v) is 7.21. The molecule has 0 amide bonds. The maximum absolute atomic E-state index is 4.85. The third-order valence-electron chi connectivity index (χ3n) is 6.07. The molecule has 8 nitrogen and oxygen atoms in total. The highest BCUT2D eigenvalue weighted by Gasteiger charge is 2.35. The van der Waals surface area contributed by atoms with E-state index in [-0.39, 0.29) is 0 Å². The zero-order valence-corrected chi connectivity index (χ0v) is 17.8. The molecule has 152 valence electrons. The first kappa shape index (κ1) is 18.5. The van der Waals surface area contributed by atoms with E-state index in [4.69, 9.17) is 9.98 Å². The molecule has 3 aromatic rings. The van der Waals surface area contributed by atoms with E-state index in [1.807, 2.05) is 30.8 Å². The van der Waals surface area contributed by atoms with Gasteiger partial charge in [-0.2, -0.15) is 5.10 Å². The zero-order valence-electron chi connectivity index (χ0n) is 17.0. The summed E-state index contributed by atoms with van der Waals surface area (Å²) in [6.07, 6.45) is 12.4. The number of aromatic nitrogens is 5. The summed E-state index contributed by atoms with van der Waals surface area (Å²) in [5.74, 6) is 0.869. The summed E-state index contributed by atoms with van der Waals surface area (Å²) < 4.78 is 1.94. The summed E-state index contributed by atoms with van der Waals surface area (Å²) in [5.41, 5.74) is 2.81. The number of hydrogen-bond donors (Lipinski definition) is 2. The molecule has 2 N–H and O–H groups in total. The minimum Gasteiger partial charge on any atom is -0.348 e. The molecule has 5 heterocycles. The third kappa shape index (κ3) is 3.60. The summed E-state index contributed by atoms with van der Waals surface area (Å²) in [5, 5.41) is 12.5. The van der Waals surface area contributed by atoms with Gasteiger partial charge in [0.25, 0.3) is 0 Å². The van der Waals surface area contributed by atoms with Crippen LogP contribution in [-0.2, 0) is 0 Å². The molecule has 2 aliphatic heterocycles. The van der Waals surface area contributed by atoms with E-state index < -0.39 is 0 Å². The van der Waals surface area contributed by atoms with Crippen LogP contribution in [0.2, 0.25) is 0 Å². The largest absolute Gasteiger partial charge is 0.348 e. The van der Waals surface area contributed by atoms with E-state index in [0.717, 1.165) is 32.9 Å². The Morgan fingerprint density at radius 2 is 2.10 bits per heavy atom. The molecule has 0 saturated carbocycles. The first-order valence-electron chi connectivity index (χ1n) is 10.1. The Hall–Kier alpha value is -2.52. The molecule has 0 aliphatic carbocycles. The van der Waals surface area contributed by atoms with Crippen LogP contribution in [0.4, 0.5) is 10.1 Å². The fraction of sp³-hybridized carbons (Fsp3) is 0.500. The van der Waals surface area contributed by atoms with Gasteiger partial charge in [0.05, 0.1) is 17.6 Å². The zero-order chi connectivity index (χ0) is 20.0. The second kappa shape index (κ2) is 7.38. The molecule has 2 aliphatic rings. The number of aliphatic imine (C=N–C) groups is 1. The maximum atomic E-state index is 4.85. The lowest BCUT2D eigenvalue weighted by Gasteiger charge is -2.35. The van der Waals surface area contributed by atoms with Gasteiger partial charge in [-0.15, -0.1) is 0 Å². The van der Waals surface area contributed by atoms with Gasteiger partial charge in [0.15, 0.2) is 5.13 Å². The van der Waals surface area contributed by atoms with Crippen molar-refractivity contribution in [3.05, 3.63) is 30.6 Å². The highest BCUT2D eigenvalue weighted by Crippen LogP contribution is 2.37. The van der Waals surface area contributed by atoms with Crippen LogP contribution in [0, 0.1) is 6.92 Å².